The third-order valence-electron chi connectivity index (χ3n) is 3.65. The minimum Gasteiger partial charge on any atom is -0.480 e. The van der Waals surface area contributed by atoms with Crippen LogP contribution in [0.15, 0.2) is 47.1 Å². The first kappa shape index (κ1) is 14.0. The van der Waals surface area contributed by atoms with Gasteiger partial charge in [-0.1, -0.05) is 12.1 Å². The Hall–Kier alpha value is -2.67. The first-order chi connectivity index (χ1) is 11.1. The molecule has 114 valence electrons. The highest BCUT2D eigenvalue weighted by Gasteiger charge is 2.13. The lowest BCUT2D eigenvalue weighted by molar-refractivity contribution is -0.137. The summed E-state index contributed by atoms with van der Waals surface area (Å²) in [5.74, 6) is -0.158. The molecule has 2 heterocycles. The minimum atomic E-state index is -0.928. The summed E-state index contributed by atoms with van der Waals surface area (Å²) in [5, 5.41) is 14.0. The van der Waals surface area contributed by atoms with E-state index in [0.29, 0.717) is 4.60 Å². The molecule has 7 heteroatoms. The molecule has 6 nitrogen and oxygen atoms in total. The van der Waals surface area contributed by atoms with E-state index in [1.807, 2.05) is 42.5 Å². The molecule has 0 saturated carbocycles. The summed E-state index contributed by atoms with van der Waals surface area (Å²) in [6, 6.07) is 13.6. The van der Waals surface area contributed by atoms with Gasteiger partial charge in [-0.25, -0.2) is 4.98 Å². The van der Waals surface area contributed by atoms with Crippen LogP contribution in [-0.4, -0.2) is 30.8 Å². The number of nitrogens with one attached hydrogen (secondary N) is 1. The molecular formula is C16H11BrN4O2. The van der Waals surface area contributed by atoms with Gasteiger partial charge in [0.1, 0.15) is 17.0 Å². The third-order valence-corrected chi connectivity index (χ3v) is 4.24. The molecule has 0 unspecified atom stereocenters. The van der Waals surface area contributed by atoms with Crippen molar-refractivity contribution in [2.45, 2.75) is 6.54 Å². The molecule has 2 aromatic heterocycles. The van der Waals surface area contributed by atoms with Crippen LogP contribution < -0.4 is 0 Å². The Morgan fingerprint density at radius 1 is 1.26 bits per heavy atom. The number of hydrogen-bond donors (Lipinski definition) is 2. The van der Waals surface area contributed by atoms with Gasteiger partial charge in [0, 0.05) is 10.9 Å². The van der Waals surface area contributed by atoms with E-state index in [1.54, 1.807) is 0 Å². The van der Waals surface area contributed by atoms with Crippen molar-refractivity contribution < 1.29 is 9.90 Å². The topological polar surface area (TPSA) is 83.8 Å². The van der Waals surface area contributed by atoms with Crippen molar-refractivity contribution in [3.8, 4) is 11.4 Å². The Morgan fingerprint density at radius 2 is 2.09 bits per heavy atom. The number of H-pyrrole nitrogens is 1. The number of halogens is 1. The van der Waals surface area contributed by atoms with E-state index < -0.39 is 5.97 Å². The Kier molecular flexibility index (Phi) is 3.16. The maximum Gasteiger partial charge on any atom is 0.325 e. The summed E-state index contributed by atoms with van der Waals surface area (Å²) in [4.78, 5) is 18.8. The zero-order valence-corrected chi connectivity index (χ0v) is 13.4. The molecule has 0 atom stereocenters. The molecular weight excluding hydrogens is 360 g/mol. The van der Waals surface area contributed by atoms with E-state index >= 15 is 0 Å². The summed E-state index contributed by atoms with van der Waals surface area (Å²) < 4.78 is 2.08. The number of imidazole rings is 1. The molecule has 0 saturated heterocycles. The number of carbonyl (C=O) groups is 1. The molecule has 0 amide bonds. The number of benzene rings is 2. The van der Waals surface area contributed by atoms with E-state index in [-0.39, 0.29) is 6.54 Å². The van der Waals surface area contributed by atoms with Gasteiger partial charge in [0.05, 0.1) is 16.6 Å². The lowest BCUT2D eigenvalue weighted by Crippen LogP contribution is -2.09. The third kappa shape index (κ3) is 2.39. The fourth-order valence-electron chi connectivity index (χ4n) is 2.63. The minimum absolute atomic E-state index is 0.175. The molecule has 0 spiro atoms. The van der Waals surface area contributed by atoms with Crippen LogP contribution in [0.4, 0.5) is 0 Å². The monoisotopic (exact) mass is 370 g/mol. The lowest BCUT2D eigenvalue weighted by Gasteiger charge is -2.00. The Bertz CT molecular complexity index is 1020. The van der Waals surface area contributed by atoms with E-state index in [2.05, 4.69) is 31.0 Å². The van der Waals surface area contributed by atoms with Crippen molar-refractivity contribution in [2.24, 2.45) is 0 Å². The van der Waals surface area contributed by atoms with Crippen LogP contribution in [-0.2, 0) is 11.3 Å². The Labute approximate surface area is 138 Å². The van der Waals surface area contributed by atoms with Gasteiger partial charge in [-0.3, -0.25) is 9.48 Å². The van der Waals surface area contributed by atoms with Crippen molar-refractivity contribution in [2.75, 3.05) is 0 Å². The van der Waals surface area contributed by atoms with Crippen LogP contribution in [0.1, 0.15) is 0 Å². The summed E-state index contributed by atoms with van der Waals surface area (Å²) in [7, 11) is 0. The normalized spacial score (nSPS) is 11.3. The molecule has 23 heavy (non-hydrogen) atoms. The van der Waals surface area contributed by atoms with Crippen molar-refractivity contribution in [3.63, 3.8) is 0 Å². The predicted octanol–water partition coefficient (Wildman–Crippen LogP) is 3.43. The first-order valence-electron chi connectivity index (χ1n) is 6.95. The van der Waals surface area contributed by atoms with Crippen LogP contribution in [0.5, 0.6) is 0 Å². The maximum atomic E-state index is 10.9. The molecule has 0 radical (unpaired) electrons. The highest BCUT2D eigenvalue weighted by Crippen LogP contribution is 2.29. The number of aromatic nitrogens is 4. The number of nitrogens with zero attached hydrogens (tertiary/aromatic N) is 3. The van der Waals surface area contributed by atoms with Gasteiger partial charge in [0.25, 0.3) is 0 Å². The molecule has 0 bridgehead atoms. The van der Waals surface area contributed by atoms with Crippen LogP contribution in [0, 0.1) is 0 Å². The second-order valence-electron chi connectivity index (χ2n) is 5.18. The average molecular weight is 371 g/mol. The van der Waals surface area contributed by atoms with Gasteiger partial charge in [0.2, 0.25) is 0 Å². The molecule has 0 aliphatic rings. The maximum absolute atomic E-state index is 10.9. The molecule has 2 aromatic carbocycles. The standard InChI is InChI=1S/C16H11BrN4O2/c17-15-10-7-9(5-6-13(10)21(20-15)8-14(22)23)16-18-11-3-1-2-4-12(11)19-16/h1-7H,8H2,(H,18,19)(H,22,23). The van der Waals surface area contributed by atoms with Crippen LogP contribution >= 0.6 is 15.9 Å². The molecule has 4 rings (SSSR count). The predicted molar refractivity (Wildman–Crippen MR) is 90.2 cm³/mol. The number of carboxylic acid groups (broad SMARTS) is 1. The van der Waals surface area contributed by atoms with Crippen molar-refractivity contribution in [3.05, 3.63) is 47.1 Å². The van der Waals surface area contributed by atoms with E-state index in [4.69, 9.17) is 5.11 Å². The van der Waals surface area contributed by atoms with Gasteiger partial charge < -0.3 is 10.1 Å². The lowest BCUT2D eigenvalue weighted by atomic mass is 10.1. The number of aromatic amines is 1. The quantitative estimate of drug-likeness (QED) is 0.578. The highest BCUT2D eigenvalue weighted by atomic mass is 79.9. The van der Waals surface area contributed by atoms with Crippen molar-refractivity contribution in [1.82, 2.24) is 19.7 Å². The Balaban J connectivity index is 1.85. The molecule has 0 aliphatic carbocycles. The fourth-order valence-corrected chi connectivity index (χ4v) is 3.13. The number of para-hydroxylation sites is 2. The van der Waals surface area contributed by atoms with E-state index in [0.717, 1.165) is 33.3 Å². The number of hydrogen-bond acceptors (Lipinski definition) is 3. The summed E-state index contributed by atoms with van der Waals surface area (Å²) >= 11 is 3.39. The van der Waals surface area contributed by atoms with Crippen LogP contribution in [0.3, 0.4) is 0 Å². The van der Waals surface area contributed by atoms with Gasteiger partial charge in [-0.2, -0.15) is 5.10 Å². The zero-order chi connectivity index (χ0) is 16.0. The number of fused-ring (bicyclic) bond motifs is 2. The summed E-state index contributed by atoms with van der Waals surface area (Å²) in [6.45, 7) is -0.175. The van der Waals surface area contributed by atoms with Crippen LogP contribution in [0.25, 0.3) is 33.3 Å². The van der Waals surface area contributed by atoms with Gasteiger partial charge >= 0.3 is 5.97 Å². The van der Waals surface area contributed by atoms with Gasteiger partial charge in [-0.15, -0.1) is 0 Å². The van der Waals surface area contributed by atoms with Gasteiger partial charge in [0.15, 0.2) is 0 Å². The number of carboxylic acids is 1. The second kappa shape index (κ2) is 5.20. The van der Waals surface area contributed by atoms with E-state index in [1.165, 1.54) is 4.68 Å². The fraction of sp³-hybridized carbons (Fsp3) is 0.0625. The van der Waals surface area contributed by atoms with Gasteiger partial charge in [-0.05, 0) is 46.3 Å². The van der Waals surface area contributed by atoms with Crippen LogP contribution in [0.2, 0.25) is 0 Å². The largest absolute Gasteiger partial charge is 0.480 e. The highest BCUT2D eigenvalue weighted by molar-refractivity contribution is 9.10. The molecule has 0 aliphatic heterocycles. The average Bonchev–Trinajstić information content (AvgIpc) is 3.08. The number of aliphatic carboxylic acids is 1. The zero-order valence-electron chi connectivity index (χ0n) is 11.8. The Morgan fingerprint density at radius 3 is 2.87 bits per heavy atom. The number of rotatable bonds is 3. The SMILES string of the molecule is O=C(O)Cn1nc(Br)c2cc(-c3nc4ccccc4[nH]3)ccc21. The summed E-state index contributed by atoms with van der Waals surface area (Å²) in [6.07, 6.45) is 0. The smallest absolute Gasteiger partial charge is 0.325 e. The first-order valence-corrected chi connectivity index (χ1v) is 7.74. The summed E-state index contributed by atoms with van der Waals surface area (Å²) in [5.41, 5.74) is 3.56. The van der Waals surface area contributed by atoms with Crippen molar-refractivity contribution in [1.29, 1.82) is 0 Å². The molecule has 2 N–H and O–H groups in total. The molecule has 0 fully saturated rings. The molecule has 4 aromatic rings. The second-order valence-corrected chi connectivity index (χ2v) is 5.93. The van der Waals surface area contributed by atoms with E-state index in [9.17, 15) is 4.79 Å². The van der Waals surface area contributed by atoms with Crippen molar-refractivity contribution >= 4 is 43.8 Å².